The normalized spacial score (nSPS) is 11.5. The largest absolute Gasteiger partial charge is 0.310 e. The molecule has 0 saturated heterocycles. The first-order valence-electron chi connectivity index (χ1n) is 21.3. The minimum atomic E-state index is 1.08. The summed E-state index contributed by atoms with van der Waals surface area (Å²) in [5.74, 6) is 0. The van der Waals surface area contributed by atoms with Crippen LogP contribution in [-0.2, 0) is 0 Å². The highest BCUT2D eigenvalue weighted by Crippen LogP contribution is 2.41. The van der Waals surface area contributed by atoms with E-state index in [1.54, 1.807) is 0 Å². The molecule has 0 radical (unpaired) electrons. The van der Waals surface area contributed by atoms with Gasteiger partial charge < -0.3 is 9.47 Å². The van der Waals surface area contributed by atoms with E-state index in [9.17, 15) is 0 Å². The van der Waals surface area contributed by atoms with Gasteiger partial charge in [-0.05, 0) is 132 Å². The number of anilines is 3. The molecule has 0 spiro atoms. The van der Waals surface area contributed by atoms with E-state index >= 15 is 0 Å². The second kappa shape index (κ2) is 14.8. The first-order chi connectivity index (χ1) is 30.7. The van der Waals surface area contributed by atoms with Gasteiger partial charge in [-0.1, -0.05) is 176 Å². The Balaban J connectivity index is 0.950. The summed E-state index contributed by atoms with van der Waals surface area (Å²) in [4.78, 5) is 2.38. The van der Waals surface area contributed by atoms with Gasteiger partial charge in [-0.2, -0.15) is 0 Å². The average Bonchev–Trinajstić information content (AvgIpc) is 3.69. The van der Waals surface area contributed by atoms with Crippen molar-refractivity contribution in [1.82, 2.24) is 4.57 Å². The second-order valence-corrected chi connectivity index (χ2v) is 16.1. The predicted octanol–water partition coefficient (Wildman–Crippen LogP) is 16.7. The lowest BCUT2D eigenvalue weighted by Gasteiger charge is -2.27. The molecule has 2 nitrogen and oxygen atoms in total. The van der Waals surface area contributed by atoms with Crippen molar-refractivity contribution in [3.8, 4) is 39.1 Å². The third-order valence-corrected chi connectivity index (χ3v) is 12.6. The Hall–Kier alpha value is -8.20. The molecule has 0 saturated carbocycles. The van der Waals surface area contributed by atoms with Gasteiger partial charge in [-0.3, -0.25) is 0 Å². The molecule has 0 aliphatic heterocycles. The molecular formula is C60H40N2. The van der Waals surface area contributed by atoms with E-state index in [1.165, 1.54) is 87.5 Å². The fourth-order valence-corrected chi connectivity index (χ4v) is 9.53. The summed E-state index contributed by atoms with van der Waals surface area (Å²) < 4.78 is 2.39. The topological polar surface area (TPSA) is 8.17 Å². The molecule has 62 heavy (non-hydrogen) atoms. The smallest absolute Gasteiger partial charge is 0.0541 e. The van der Waals surface area contributed by atoms with Gasteiger partial charge in [0.1, 0.15) is 0 Å². The van der Waals surface area contributed by atoms with E-state index in [4.69, 9.17) is 0 Å². The molecule has 12 aromatic rings. The lowest BCUT2D eigenvalue weighted by Crippen LogP contribution is -2.10. The van der Waals surface area contributed by atoms with Crippen LogP contribution in [0.15, 0.2) is 243 Å². The third-order valence-electron chi connectivity index (χ3n) is 12.6. The average molecular weight is 789 g/mol. The Morgan fingerprint density at radius 2 is 0.742 bits per heavy atom. The zero-order valence-electron chi connectivity index (χ0n) is 34.0. The molecule has 0 aliphatic carbocycles. The van der Waals surface area contributed by atoms with Crippen molar-refractivity contribution in [3.05, 3.63) is 243 Å². The summed E-state index contributed by atoms with van der Waals surface area (Å²) in [5.41, 5.74) is 14.0. The van der Waals surface area contributed by atoms with Gasteiger partial charge in [-0.25, -0.2) is 0 Å². The Morgan fingerprint density at radius 1 is 0.258 bits per heavy atom. The van der Waals surface area contributed by atoms with Gasteiger partial charge in [0.2, 0.25) is 0 Å². The first kappa shape index (κ1) is 35.7. The van der Waals surface area contributed by atoms with E-state index in [1.807, 2.05) is 0 Å². The molecule has 0 atom stereocenters. The number of hydrogen-bond donors (Lipinski definition) is 0. The summed E-state index contributed by atoms with van der Waals surface area (Å²) >= 11 is 0. The molecule has 0 fully saturated rings. The molecule has 2 heteroatoms. The van der Waals surface area contributed by atoms with Gasteiger partial charge in [-0.15, -0.1) is 0 Å². The summed E-state index contributed by atoms with van der Waals surface area (Å²) in [6.07, 6.45) is 0. The van der Waals surface area contributed by atoms with Crippen molar-refractivity contribution in [2.75, 3.05) is 4.90 Å². The quantitative estimate of drug-likeness (QED) is 0.146. The van der Waals surface area contributed by atoms with Crippen molar-refractivity contribution in [1.29, 1.82) is 0 Å². The number of rotatable bonds is 7. The van der Waals surface area contributed by atoms with Crippen LogP contribution in [0.25, 0.3) is 93.2 Å². The van der Waals surface area contributed by atoms with Crippen LogP contribution in [0.3, 0.4) is 0 Å². The minimum absolute atomic E-state index is 1.08. The molecule has 0 bridgehead atoms. The number of para-hydroxylation sites is 2. The van der Waals surface area contributed by atoms with Gasteiger partial charge in [0.25, 0.3) is 0 Å². The Kier molecular flexibility index (Phi) is 8.53. The summed E-state index contributed by atoms with van der Waals surface area (Å²) in [5, 5.41) is 10.1. The number of nitrogens with zero attached hydrogens (tertiary/aromatic N) is 2. The Morgan fingerprint density at radius 3 is 1.40 bits per heavy atom. The fourth-order valence-electron chi connectivity index (χ4n) is 9.53. The third kappa shape index (κ3) is 6.12. The van der Waals surface area contributed by atoms with Crippen molar-refractivity contribution >= 4 is 71.2 Å². The molecule has 1 heterocycles. The fraction of sp³-hybridized carbons (Fsp3) is 0. The molecule has 1 aromatic heterocycles. The standard InChI is InChI=1S/C60H40N2/c1-2-13-46-38-47(29-28-41(46)12-1)44-26-24-42(25-27-44)43-30-34-49(35-31-43)61(51-15-11-16-52(40-51)62-59-22-9-7-20-56(59)57-21-8-10-23-60(57)62)50-36-32-45(33-37-50)58-39-48-14-3-4-17-53(48)54-18-5-6-19-55(54)58/h1-40H. The highest BCUT2D eigenvalue weighted by Gasteiger charge is 2.18. The molecule has 12 rings (SSSR count). The molecule has 0 aliphatic rings. The Labute approximate surface area is 360 Å². The molecule has 0 unspecified atom stereocenters. The monoisotopic (exact) mass is 788 g/mol. The van der Waals surface area contributed by atoms with Gasteiger partial charge >= 0.3 is 0 Å². The highest BCUT2D eigenvalue weighted by atomic mass is 15.1. The summed E-state index contributed by atoms with van der Waals surface area (Å²) in [6.45, 7) is 0. The number of fused-ring (bicyclic) bond motifs is 7. The second-order valence-electron chi connectivity index (χ2n) is 16.1. The van der Waals surface area contributed by atoms with E-state index in [0.29, 0.717) is 0 Å². The van der Waals surface area contributed by atoms with Gasteiger partial charge in [0.05, 0.1) is 11.0 Å². The van der Waals surface area contributed by atoms with E-state index < -0.39 is 0 Å². The van der Waals surface area contributed by atoms with E-state index in [2.05, 4.69) is 252 Å². The molecule has 0 N–H and O–H groups in total. The predicted molar refractivity (Wildman–Crippen MR) is 264 cm³/mol. The van der Waals surface area contributed by atoms with Crippen LogP contribution in [0.4, 0.5) is 17.1 Å². The van der Waals surface area contributed by atoms with Crippen molar-refractivity contribution in [2.24, 2.45) is 0 Å². The first-order valence-corrected chi connectivity index (χ1v) is 21.3. The van der Waals surface area contributed by atoms with Gasteiger partial charge in [0.15, 0.2) is 0 Å². The SMILES string of the molecule is c1cc(N(c2ccc(-c3ccc(-c4ccc5ccccc5c4)cc3)cc2)c2ccc(-c3cc4ccccc4c4ccccc34)cc2)cc(-n2c3ccccc3c3ccccc32)c1. The number of aromatic nitrogens is 1. The van der Waals surface area contributed by atoms with Crippen LogP contribution in [0, 0.1) is 0 Å². The van der Waals surface area contributed by atoms with Crippen LogP contribution in [0.2, 0.25) is 0 Å². The zero-order valence-corrected chi connectivity index (χ0v) is 34.0. The lowest BCUT2D eigenvalue weighted by molar-refractivity contribution is 1.17. The number of hydrogen-bond acceptors (Lipinski definition) is 1. The van der Waals surface area contributed by atoms with E-state index in [-0.39, 0.29) is 0 Å². The van der Waals surface area contributed by atoms with E-state index in [0.717, 1.165) is 22.7 Å². The molecule has 0 amide bonds. The van der Waals surface area contributed by atoms with Gasteiger partial charge in [0, 0.05) is 33.5 Å². The zero-order chi connectivity index (χ0) is 41.0. The van der Waals surface area contributed by atoms with Crippen LogP contribution >= 0.6 is 0 Å². The summed E-state index contributed by atoms with van der Waals surface area (Å²) in [7, 11) is 0. The summed E-state index contributed by atoms with van der Waals surface area (Å²) in [6, 6.07) is 88.5. The molecular weight excluding hydrogens is 749 g/mol. The van der Waals surface area contributed by atoms with Crippen LogP contribution in [0.1, 0.15) is 0 Å². The molecule has 11 aromatic carbocycles. The Bertz CT molecular complexity index is 3560. The maximum Gasteiger partial charge on any atom is 0.0541 e. The van der Waals surface area contributed by atoms with Crippen LogP contribution in [-0.4, -0.2) is 4.57 Å². The van der Waals surface area contributed by atoms with Crippen LogP contribution in [0.5, 0.6) is 0 Å². The van der Waals surface area contributed by atoms with Crippen molar-refractivity contribution < 1.29 is 0 Å². The molecule has 290 valence electrons. The number of benzene rings is 11. The van der Waals surface area contributed by atoms with Crippen molar-refractivity contribution in [3.63, 3.8) is 0 Å². The van der Waals surface area contributed by atoms with Crippen LogP contribution < -0.4 is 4.90 Å². The maximum atomic E-state index is 2.39. The minimum Gasteiger partial charge on any atom is -0.310 e. The highest BCUT2D eigenvalue weighted by molar-refractivity contribution is 6.14. The maximum absolute atomic E-state index is 2.39. The lowest BCUT2D eigenvalue weighted by atomic mass is 9.93. The van der Waals surface area contributed by atoms with Crippen molar-refractivity contribution in [2.45, 2.75) is 0 Å².